The number of aryl methyl sites for hydroxylation is 1. The Morgan fingerprint density at radius 3 is 2.54 bits per heavy atom. The van der Waals surface area contributed by atoms with Crippen molar-refractivity contribution in [1.29, 1.82) is 0 Å². The summed E-state index contributed by atoms with van der Waals surface area (Å²) in [5.74, 6) is -0.442. The Kier molecular flexibility index (Phi) is 7.20. The topological polar surface area (TPSA) is 84.7 Å². The van der Waals surface area contributed by atoms with Gasteiger partial charge in [0.25, 0.3) is 0 Å². The summed E-state index contributed by atoms with van der Waals surface area (Å²) < 4.78 is 5.25. The molecule has 0 unspecified atom stereocenters. The van der Waals surface area contributed by atoms with E-state index in [2.05, 4.69) is 5.32 Å². The first-order valence-corrected chi connectivity index (χ1v) is 7.82. The lowest BCUT2D eigenvalue weighted by Gasteiger charge is -2.35. The number of nitrogens with two attached hydrogens (primary N) is 1. The van der Waals surface area contributed by atoms with Crippen LogP contribution in [0.15, 0.2) is 18.2 Å². The average Bonchev–Trinajstić information content (AvgIpc) is 2.51. The zero-order chi connectivity index (χ0) is 17.0. The van der Waals surface area contributed by atoms with Crippen molar-refractivity contribution in [1.82, 2.24) is 4.90 Å². The molecule has 2 rings (SSSR count). The molecular formula is C17H26ClN3O3. The summed E-state index contributed by atoms with van der Waals surface area (Å²) in [4.78, 5) is 26.1. The second-order valence-corrected chi connectivity index (χ2v) is 6.23. The fourth-order valence-electron chi connectivity index (χ4n) is 2.69. The number of likely N-dealkylation sites (N-methyl/N-ethyl adjacent to an activating group) is 1. The fraction of sp³-hybridized carbons (Fsp3) is 0.529. The maximum Gasteiger partial charge on any atom is 0.243 e. The number of ether oxygens (including phenoxy) is 1. The number of carbonyl (C=O) groups excluding carboxylic acids is 2. The van der Waals surface area contributed by atoms with E-state index in [-0.39, 0.29) is 30.8 Å². The minimum Gasteiger partial charge on any atom is -0.381 e. The first-order chi connectivity index (χ1) is 10.8. The van der Waals surface area contributed by atoms with Gasteiger partial charge in [0, 0.05) is 25.9 Å². The molecule has 134 valence electrons. The molecule has 24 heavy (non-hydrogen) atoms. The molecule has 1 saturated heterocycles. The molecule has 1 aliphatic rings. The van der Waals surface area contributed by atoms with Gasteiger partial charge in [0.2, 0.25) is 11.8 Å². The second-order valence-electron chi connectivity index (χ2n) is 6.23. The van der Waals surface area contributed by atoms with E-state index in [1.807, 2.05) is 32.0 Å². The molecule has 0 atom stereocenters. The van der Waals surface area contributed by atoms with E-state index in [0.717, 1.165) is 16.8 Å². The normalized spacial score (nSPS) is 16.0. The third kappa shape index (κ3) is 4.69. The monoisotopic (exact) mass is 355 g/mol. The molecule has 0 bridgehead atoms. The van der Waals surface area contributed by atoms with Crippen LogP contribution in [-0.2, 0) is 14.3 Å². The highest BCUT2D eigenvalue weighted by atomic mass is 35.5. The SMILES string of the molecule is Cc1cccc(NC(=O)CN(C)C(=O)C2(N)CCOCC2)c1C.Cl. The van der Waals surface area contributed by atoms with Gasteiger partial charge in [0.15, 0.2) is 0 Å². The highest BCUT2D eigenvalue weighted by molar-refractivity contribution is 5.96. The number of nitrogens with zero attached hydrogens (tertiary/aromatic N) is 1. The molecule has 7 heteroatoms. The van der Waals surface area contributed by atoms with E-state index < -0.39 is 5.54 Å². The van der Waals surface area contributed by atoms with Crippen molar-refractivity contribution in [2.75, 3.05) is 32.1 Å². The van der Waals surface area contributed by atoms with Crippen LogP contribution in [-0.4, -0.2) is 49.1 Å². The molecule has 6 nitrogen and oxygen atoms in total. The summed E-state index contributed by atoms with van der Waals surface area (Å²) in [5, 5.41) is 2.85. The van der Waals surface area contributed by atoms with Crippen LogP contribution in [0.1, 0.15) is 24.0 Å². The van der Waals surface area contributed by atoms with Crippen molar-refractivity contribution in [2.45, 2.75) is 32.2 Å². The van der Waals surface area contributed by atoms with Crippen molar-refractivity contribution in [3.63, 3.8) is 0 Å². The lowest BCUT2D eigenvalue weighted by atomic mass is 9.90. The van der Waals surface area contributed by atoms with Crippen LogP contribution in [0.3, 0.4) is 0 Å². The Bertz CT molecular complexity index is 601. The molecule has 1 aromatic rings. The smallest absolute Gasteiger partial charge is 0.243 e. The predicted octanol–water partition coefficient (Wildman–Crippen LogP) is 1.63. The number of carbonyl (C=O) groups is 2. The molecule has 0 spiro atoms. The Balaban J connectivity index is 0.00000288. The molecule has 1 aliphatic heterocycles. The van der Waals surface area contributed by atoms with Crippen molar-refractivity contribution >= 4 is 29.9 Å². The van der Waals surface area contributed by atoms with Crippen molar-refractivity contribution in [3.05, 3.63) is 29.3 Å². The zero-order valence-corrected chi connectivity index (χ0v) is 15.2. The van der Waals surface area contributed by atoms with E-state index in [4.69, 9.17) is 10.5 Å². The van der Waals surface area contributed by atoms with Crippen LogP contribution in [0.5, 0.6) is 0 Å². The maximum absolute atomic E-state index is 12.5. The van der Waals surface area contributed by atoms with Gasteiger partial charge in [-0.2, -0.15) is 0 Å². The van der Waals surface area contributed by atoms with Crippen LogP contribution in [0, 0.1) is 13.8 Å². The number of rotatable bonds is 4. The molecule has 3 N–H and O–H groups in total. The number of anilines is 1. The van der Waals surface area contributed by atoms with Gasteiger partial charge in [-0.3, -0.25) is 9.59 Å². The average molecular weight is 356 g/mol. The lowest BCUT2D eigenvalue weighted by Crippen LogP contribution is -2.58. The maximum atomic E-state index is 12.5. The lowest BCUT2D eigenvalue weighted by molar-refractivity contribution is -0.141. The first kappa shape index (κ1) is 20.4. The summed E-state index contributed by atoms with van der Waals surface area (Å²) in [6.45, 7) is 4.88. The largest absolute Gasteiger partial charge is 0.381 e. The Hall–Kier alpha value is -1.63. The number of hydrogen-bond acceptors (Lipinski definition) is 4. The number of halogens is 1. The van der Waals surface area contributed by atoms with Crippen LogP contribution >= 0.6 is 12.4 Å². The highest BCUT2D eigenvalue weighted by Crippen LogP contribution is 2.20. The van der Waals surface area contributed by atoms with Gasteiger partial charge in [-0.15, -0.1) is 12.4 Å². The van der Waals surface area contributed by atoms with Crippen molar-refractivity contribution in [3.8, 4) is 0 Å². The van der Waals surface area contributed by atoms with Gasteiger partial charge in [0.05, 0.1) is 12.1 Å². The van der Waals surface area contributed by atoms with Gasteiger partial charge < -0.3 is 20.7 Å². The summed E-state index contributed by atoms with van der Waals surface area (Å²) >= 11 is 0. The molecule has 0 aromatic heterocycles. The minimum atomic E-state index is -0.924. The Morgan fingerprint density at radius 1 is 1.29 bits per heavy atom. The molecule has 1 fully saturated rings. The van der Waals surface area contributed by atoms with Crippen LogP contribution in [0.25, 0.3) is 0 Å². The number of amides is 2. The van der Waals surface area contributed by atoms with Crippen molar-refractivity contribution in [2.24, 2.45) is 5.73 Å². The molecular weight excluding hydrogens is 330 g/mol. The third-order valence-corrected chi connectivity index (χ3v) is 4.42. The molecule has 0 aliphatic carbocycles. The minimum absolute atomic E-state index is 0. The summed E-state index contributed by atoms with van der Waals surface area (Å²) in [7, 11) is 1.61. The molecule has 2 amide bonds. The van der Waals surface area contributed by atoms with Crippen molar-refractivity contribution < 1.29 is 14.3 Å². The van der Waals surface area contributed by atoms with Gasteiger partial charge in [-0.05, 0) is 43.9 Å². The molecule has 0 radical (unpaired) electrons. The molecule has 1 heterocycles. The summed E-state index contributed by atoms with van der Waals surface area (Å²) in [6.07, 6.45) is 0.962. The van der Waals surface area contributed by atoms with E-state index in [0.29, 0.717) is 26.1 Å². The Labute approximate surface area is 149 Å². The van der Waals surface area contributed by atoms with Crippen LogP contribution in [0.2, 0.25) is 0 Å². The van der Waals surface area contributed by atoms with Gasteiger partial charge in [-0.25, -0.2) is 0 Å². The Morgan fingerprint density at radius 2 is 1.92 bits per heavy atom. The quantitative estimate of drug-likeness (QED) is 0.859. The highest BCUT2D eigenvalue weighted by Gasteiger charge is 2.38. The zero-order valence-electron chi connectivity index (χ0n) is 14.4. The number of benzene rings is 1. The number of hydrogen-bond donors (Lipinski definition) is 2. The third-order valence-electron chi connectivity index (χ3n) is 4.42. The van der Waals surface area contributed by atoms with Crippen LogP contribution < -0.4 is 11.1 Å². The fourth-order valence-corrected chi connectivity index (χ4v) is 2.69. The van der Waals surface area contributed by atoms with Gasteiger partial charge >= 0.3 is 0 Å². The second kappa shape index (κ2) is 8.46. The molecule has 1 aromatic carbocycles. The standard InChI is InChI=1S/C17H25N3O3.ClH/c1-12-5-4-6-14(13(12)2)19-15(21)11-20(3)16(22)17(18)7-9-23-10-8-17;/h4-6H,7-11,18H2,1-3H3,(H,19,21);1H. The summed E-state index contributed by atoms with van der Waals surface area (Å²) in [5.41, 5.74) is 8.15. The molecule has 0 saturated carbocycles. The van der Waals surface area contributed by atoms with E-state index >= 15 is 0 Å². The number of nitrogens with one attached hydrogen (secondary N) is 1. The first-order valence-electron chi connectivity index (χ1n) is 7.82. The summed E-state index contributed by atoms with van der Waals surface area (Å²) in [6, 6.07) is 5.73. The predicted molar refractivity (Wildman–Crippen MR) is 96.4 cm³/mol. The van der Waals surface area contributed by atoms with Gasteiger partial charge in [-0.1, -0.05) is 12.1 Å². The van der Waals surface area contributed by atoms with Gasteiger partial charge in [0.1, 0.15) is 0 Å². The van der Waals surface area contributed by atoms with Crippen LogP contribution in [0.4, 0.5) is 5.69 Å². The van der Waals surface area contributed by atoms with E-state index in [9.17, 15) is 9.59 Å². The van der Waals surface area contributed by atoms with E-state index in [1.165, 1.54) is 4.90 Å². The van der Waals surface area contributed by atoms with E-state index in [1.54, 1.807) is 7.05 Å².